The molecule has 7 nitrogen and oxygen atoms in total. The molecule has 0 aliphatic heterocycles. The number of halogens is 1. The second kappa shape index (κ2) is 7.67. The lowest BCUT2D eigenvalue weighted by Crippen LogP contribution is -2.10. The summed E-state index contributed by atoms with van der Waals surface area (Å²) in [6.45, 7) is 0. The van der Waals surface area contributed by atoms with E-state index in [2.05, 4.69) is 0 Å². The summed E-state index contributed by atoms with van der Waals surface area (Å²) < 4.78 is 18.1. The van der Waals surface area contributed by atoms with E-state index in [1.807, 2.05) is 0 Å². The zero-order valence-corrected chi connectivity index (χ0v) is 14.3. The molecule has 28 heavy (non-hydrogen) atoms. The van der Waals surface area contributed by atoms with E-state index in [0.29, 0.717) is 11.1 Å². The molecular formula is C20H13FN2O5. The third-order valence-corrected chi connectivity index (χ3v) is 3.90. The Bertz CT molecular complexity index is 1060. The van der Waals surface area contributed by atoms with Gasteiger partial charge in [-0.2, -0.15) is 0 Å². The van der Waals surface area contributed by atoms with Gasteiger partial charge < -0.3 is 10.5 Å². The van der Waals surface area contributed by atoms with Crippen LogP contribution >= 0.6 is 0 Å². The summed E-state index contributed by atoms with van der Waals surface area (Å²) >= 11 is 0. The van der Waals surface area contributed by atoms with E-state index in [1.165, 1.54) is 60.7 Å². The van der Waals surface area contributed by atoms with Crippen molar-refractivity contribution in [3.05, 3.63) is 99.4 Å². The number of anilines is 1. The van der Waals surface area contributed by atoms with Crippen molar-refractivity contribution in [2.24, 2.45) is 0 Å². The number of rotatable bonds is 5. The number of benzene rings is 3. The Labute approximate surface area is 158 Å². The molecule has 3 aromatic carbocycles. The Morgan fingerprint density at radius 3 is 2.00 bits per heavy atom. The SMILES string of the molecule is Nc1ccc(C(=O)Oc2ccc(C(=O)c3ccc(F)cc3)cc2)cc1[N+](=O)[O-]. The minimum atomic E-state index is -0.805. The first kappa shape index (κ1) is 18.7. The normalized spacial score (nSPS) is 10.3. The number of nitro groups is 1. The molecule has 0 bridgehead atoms. The Hall–Kier alpha value is -4.07. The third-order valence-electron chi connectivity index (χ3n) is 3.90. The lowest BCUT2D eigenvalue weighted by molar-refractivity contribution is -0.383. The van der Waals surface area contributed by atoms with Gasteiger partial charge in [0.1, 0.15) is 17.3 Å². The summed E-state index contributed by atoms with van der Waals surface area (Å²) in [5, 5.41) is 10.9. The Kier molecular flexibility index (Phi) is 5.12. The van der Waals surface area contributed by atoms with Crippen LogP contribution in [0.2, 0.25) is 0 Å². The van der Waals surface area contributed by atoms with Crippen molar-refractivity contribution >= 4 is 23.1 Å². The first-order chi connectivity index (χ1) is 13.3. The molecule has 0 aromatic heterocycles. The Balaban J connectivity index is 1.74. The fourth-order valence-corrected chi connectivity index (χ4v) is 2.44. The van der Waals surface area contributed by atoms with E-state index in [0.717, 1.165) is 6.07 Å². The fraction of sp³-hybridized carbons (Fsp3) is 0. The number of esters is 1. The van der Waals surface area contributed by atoms with Gasteiger partial charge in [0.15, 0.2) is 5.78 Å². The average molecular weight is 380 g/mol. The highest BCUT2D eigenvalue weighted by atomic mass is 19.1. The van der Waals surface area contributed by atoms with Crippen LogP contribution in [-0.4, -0.2) is 16.7 Å². The van der Waals surface area contributed by atoms with Crippen LogP contribution in [0.15, 0.2) is 66.7 Å². The van der Waals surface area contributed by atoms with Crippen LogP contribution < -0.4 is 10.5 Å². The number of nitro benzene ring substituents is 1. The smallest absolute Gasteiger partial charge is 0.343 e. The zero-order valence-electron chi connectivity index (χ0n) is 14.3. The standard InChI is InChI=1S/C20H13FN2O5/c21-15-6-1-12(2-7-15)19(24)13-3-8-16(9-4-13)28-20(25)14-5-10-17(22)18(11-14)23(26)27/h1-11H,22H2. The number of nitrogen functional groups attached to an aromatic ring is 1. The number of hydrogen-bond acceptors (Lipinski definition) is 6. The highest BCUT2D eigenvalue weighted by molar-refractivity contribution is 6.09. The summed E-state index contributed by atoms with van der Waals surface area (Å²) in [6, 6.07) is 14.5. The van der Waals surface area contributed by atoms with Crippen molar-refractivity contribution in [1.82, 2.24) is 0 Å². The molecular weight excluding hydrogens is 367 g/mol. The molecule has 140 valence electrons. The quantitative estimate of drug-likeness (QED) is 0.180. The molecule has 3 aromatic rings. The lowest BCUT2D eigenvalue weighted by atomic mass is 10.0. The van der Waals surface area contributed by atoms with Gasteiger partial charge in [-0.1, -0.05) is 0 Å². The summed E-state index contributed by atoms with van der Waals surface area (Å²) in [5.74, 6) is -1.41. The van der Waals surface area contributed by atoms with Gasteiger partial charge in [-0.15, -0.1) is 0 Å². The second-order valence-corrected chi connectivity index (χ2v) is 5.78. The maximum Gasteiger partial charge on any atom is 0.343 e. The van der Waals surface area contributed by atoms with Crippen LogP contribution in [0.25, 0.3) is 0 Å². The van der Waals surface area contributed by atoms with Gasteiger partial charge in [0.2, 0.25) is 0 Å². The van der Waals surface area contributed by atoms with Crippen LogP contribution in [0.5, 0.6) is 5.75 Å². The molecule has 0 atom stereocenters. The van der Waals surface area contributed by atoms with Crippen molar-refractivity contribution < 1.29 is 23.6 Å². The summed E-state index contributed by atoms with van der Waals surface area (Å²) in [5.41, 5.74) is 5.65. The van der Waals surface area contributed by atoms with Crippen molar-refractivity contribution in [3.8, 4) is 5.75 Å². The summed E-state index contributed by atoms with van der Waals surface area (Å²) in [6.07, 6.45) is 0. The average Bonchev–Trinajstić information content (AvgIpc) is 2.68. The molecule has 0 heterocycles. The molecule has 0 saturated heterocycles. The van der Waals surface area contributed by atoms with E-state index >= 15 is 0 Å². The molecule has 0 spiro atoms. The molecule has 0 fully saturated rings. The maximum absolute atomic E-state index is 13.0. The van der Waals surface area contributed by atoms with Gasteiger partial charge >= 0.3 is 5.97 Å². The molecule has 0 radical (unpaired) electrons. The second-order valence-electron chi connectivity index (χ2n) is 5.78. The first-order valence-electron chi connectivity index (χ1n) is 8.01. The number of carbonyl (C=O) groups excluding carboxylic acids is 2. The van der Waals surface area contributed by atoms with E-state index < -0.39 is 22.4 Å². The van der Waals surface area contributed by atoms with Gasteiger partial charge in [0, 0.05) is 17.2 Å². The van der Waals surface area contributed by atoms with Crippen LogP contribution in [-0.2, 0) is 0 Å². The first-order valence-corrected chi connectivity index (χ1v) is 8.01. The summed E-state index contributed by atoms with van der Waals surface area (Å²) in [7, 11) is 0. The van der Waals surface area contributed by atoms with Crippen molar-refractivity contribution in [3.63, 3.8) is 0 Å². The van der Waals surface area contributed by atoms with Crippen LogP contribution in [0.1, 0.15) is 26.3 Å². The van der Waals surface area contributed by atoms with Gasteiger partial charge in [-0.05, 0) is 60.7 Å². The number of ether oxygens (including phenoxy) is 1. The molecule has 0 amide bonds. The number of ketones is 1. The van der Waals surface area contributed by atoms with Crippen LogP contribution in [0, 0.1) is 15.9 Å². The summed E-state index contributed by atoms with van der Waals surface area (Å²) in [4.78, 5) is 34.7. The molecule has 0 unspecified atom stereocenters. The highest BCUT2D eigenvalue weighted by Gasteiger charge is 2.17. The number of carbonyl (C=O) groups is 2. The third kappa shape index (κ3) is 4.01. The van der Waals surface area contributed by atoms with Gasteiger partial charge in [-0.3, -0.25) is 14.9 Å². The van der Waals surface area contributed by atoms with Gasteiger partial charge in [-0.25, -0.2) is 9.18 Å². The Morgan fingerprint density at radius 1 is 0.893 bits per heavy atom. The predicted octanol–water partition coefficient (Wildman–Crippen LogP) is 3.77. The van der Waals surface area contributed by atoms with Crippen LogP contribution in [0.4, 0.5) is 15.8 Å². The van der Waals surface area contributed by atoms with Crippen molar-refractivity contribution in [2.75, 3.05) is 5.73 Å². The zero-order chi connectivity index (χ0) is 20.3. The largest absolute Gasteiger partial charge is 0.423 e. The molecule has 2 N–H and O–H groups in total. The molecule has 0 aliphatic rings. The number of hydrogen-bond donors (Lipinski definition) is 1. The van der Waals surface area contributed by atoms with E-state index in [4.69, 9.17) is 10.5 Å². The maximum atomic E-state index is 13.0. The van der Waals surface area contributed by atoms with Crippen molar-refractivity contribution in [1.29, 1.82) is 0 Å². The fourth-order valence-electron chi connectivity index (χ4n) is 2.44. The van der Waals surface area contributed by atoms with E-state index in [-0.39, 0.29) is 22.8 Å². The van der Waals surface area contributed by atoms with Crippen LogP contribution in [0.3, 0.4) is 0 Å². The molecule has 0 saturated carbocycles. The molecule has 0 aliphatic carbocycles. The highest BCUT2D eigenvalue weighted by Crippen LogP contribution is 2.23. The molecule has 3 rings (SSSR count). The minimum Gasteiger partial charge on any atom is -0.423 e. The monoisotopic (exact) mass is 380 g/mol. The van der Waals surface area contributed by atoms with E-state index in [9.17, 15) is 24.1 Å². The predicted molar refractivity (Wildman–Crippen MR) is 98.7 cm³/mol. The topological polar surface area (TPSA) is 113 Å². The van der Waals surface area contributed by atoms with E-state index in [1.54, 1.807) is 0 Å². The number of nitrogens with two attached hydrogens (primary N) is 1. The van der Waals surface area contributed by atoms with Crippen molar-refractivity contribution in [2.45, 2.75) is 0 Å². The lowest BCUT2D eigenvalue weighted by Gasteiger charge is -2.06. The number of nitrogens with zero attached hydrogens (tertiary/aromatic N) is 1. The Morgan fingerprint density at radius 2 is 1.43 bits per heavy atom. The van der Waals surface area contributed by atoms with Gasteiger partial charge in [0.25, 0.3) is 5.69 Å². The van der Waals surface area contributed by atoms with Gasteiger partial charge in [0.05, 0.1) is 10.5 Å². The molecule has 8 heteroatoms. The minimum absolute atomic E-state index is 0.0348.